The first kappa shape index (κ1) is 26.9. The Kier molecular flexibility index (Phi) is 11.1. The Morgan fingerprint density at radius 1 is 1.12 bits per heavy atom. The van der Waals surface area contributed by atoms with Gasteiger partial charge in [-0.2, -0.15) is 0 Å². The average Bonchev–Trinajstić information content (AvgIpc) is 2.81. The average molecular weight is 491 g/mol. The van der Waals surface area contributed by atoms with Crippen LogP contribution in [0.4, 0.5) is 11.6 Å². The lowest BCUT2D eigenvalue weighted by Crippen LogP contribution is -2.44. The summed E-state index contributed by atoms with van der Waals surface area (Å²) in [6, 6.07) is 7.81. The van der Waals surface area contributed by atoms with Gasteiger partial charge in [0.25, 0.3) is 0 Å². The van der Waals surface area contributed by atoms with E-state index in [1.54, 1.807) is 18.9 Å². The molecule has 1 aliphatic heterocycles. The van der Waals surface area contributed by atoms with Crippen LogP contribution in [0.2, 0.25) is 0 Å². The summed E-state index contributed by atoms with van der Waals surface area (Å²) < 4.78 is 5.40. The van der Waals surface area contributed by atoms with Crippen molar-refractivity contribution in [3.8, 4) is 5.75 Å². The Balaban J connectivity index is 0.000000440. The van der Waals surface area contributed by atoms with Crippen LogP contribution in [0.5, 0.6) is 5.75 Å². The van der Waals surface area contributed by atoms with Crippen LogP contribution in [0.1, 0.15) is 11.1 Å². The fourth-order valence-corrected chi connectivity index (χ4v) is 3.98. The SMILES string of the molecule is COc1ccccc1Cc1c(N)nc(SCCN2CCNCC2)nc1N.O=C(O)C=CC(=O)O. The molecule has 2 heterocycles. The van der Waals surface area contributed by atoms with Gasteiger partial charge in [-0.1, -0.05) is 30.0 Å². The number of nitrogens with zero attached hydrogens (tertiary/aromatic N) is 3. The van der Waals surface area contributed by atoms with Crippen molar-refractivity contribution in [1.82, 2.24) is 20.2 Å². The van der Waals surface area contributed by atoms with Gasteiger partial charge < -0.3 is 31.7 Å². The first-order valence-corrected chi connectivity index (χ1v) is 11.5. The third-order valence-corrected chi connectivity index (χ3v) is 5.65. The van der Waals surface area contributed by atoms with Crippen LogP contribution in [-0.2, 0) is 16.0 Å². The van der Waals surface area contributed by atoms with Gasteiger partial charge in [-0.05, 0) is 11.6 Å². The quantitative estimate of drug-likeness (QED) is 0.191. The summed E-state index contributed by atoms with van der Waals surface area (Å²) in [4.78, 5) is 30.4. The van der Waals surface area contributed by atoms with E-state index in [2.05, 4.69) is 20.2 Å². The van der Waals surface area contributed by atoms with E-state index < -0.39 is 11.9 Å². The number of benzene rings is 1. The van der Waals surface area contributed by atoms with Crippen LogP contribution in [0.25, 0.3) is 0 Å². The molecule has 3 rings (SSSR count). The minimum Gasteiger partial charge on any atom is -0.496 e. The van der Waals surface area contributed by atoms with E-state index in [4.69, 9.17) is 26.4 Å². The van der Waals surface area contributed by atoms with E-state index in [1.807, 2.05) is 24.3 Å². The summed E-state index contributed by atoms with van der Waals surface area (Å²) in [5.41, 5.74) is 14.1. The highest BCUT2D eigenvalue weighted by Gasteiger charge is 2.14. The largest absolute Gasteiger partial charge is 0.496 e. The zero-order valence-electron chi connectivity index (χ0n) is 18.9. The number of methoxy groups -OCH3 is 1. The number of aliphatic carboxylic acids is 2. The summed E-state index contributed by atoms with van der Waals surface area (Å²) in [5, 5.41) is 19.6. The van der Waals surface area contributed by atoms with E-state index in [0.717, 1.165) is 55.4 Å². The molecule has 0 atom stereocenters. The molecule has 1 aromatic carbocycles. The Morgan fingerprint density at radius 2 is 1.71 bits per heavy atom. The maximum Gasteiger partial charge on any atom is 0.328 e. The Hall–Kier alpha value is -3.35. The number of carboxylic acids is 2. The highest BCUT2D eigenvalue weighted by molar-refractivity contribution is 7.99. The highest BCUT2D eigenvalue weighted by atomic mass is 32.2. The van der Waals surface area contributed by atoms with Crippen molar-refractivity contribution >= 4 is 35.3 Å². The summed E-state index contributed by atoms with van der Waals surface area (Å²) >= 11 is 1.60. The smallest absolute Gasteiger partial charge is 0.328 e. The molecule has 2 aromatic rings. The number of hydrogen-bond donors (Lipinski definition) is 5. The van der Waals surface area contributed by atoms with Gasteiger partial charge in [0.05, 0.1) is 7.11 Å². The maximum atomic E-state index is 9.55. The molecule has 0 aliphatic carbocycles. The number of hydrogen-bond acceptors (Lipinski definition) is 10. The Morgan fingerprint density at radius 3 is 2.26 bits per heavy atom. The standard InChI is InChI=1S/C18H26N6OS.C4H4O4/c1-25-15-5-3-2-4-13(15)12-14-16(19)22-18(23-17(14)20)26-11-10-24-8-6-21-7-9-24;5-3(6)1-2-4(7)8/h2-5,21H,6-12H2,1H3,(H4,19,20,22,23);1-2H,(H,5,6)(H,7,8). The molecule has 0 unspecified atom stereocenters. The summed E-state index contributed by atoms with van der Waals surface area (Å²) in [7, 11) is 1.65. The third-order valence-electron chi connectivity index (χ3n) is 4.83. The van der Waals surface area contributed by atoms with E-state index in [1.165, 1.54) is 0 Å². The molecule has 0 amide bonds. The molecule has 34 heavy (non-hydrogen) atoms. The molecule has 0 spiro atoms. The number of nitrogens with one attached hydrogen (secondary N) is 1. The number of carbonyl (C=O) groups is 2. The second kappa shape index (κ2) is 14.0. The predicted molar refractivity (Wildman–Crippen MR) is 131 cm³/mol. The first-order chi connectivity index (χ1) is 16.3. The van der Waals surface area contributed by atoms with Gasteiger partial charge in [-0.25, -0.2) is 19.6 Å². The number of ether oxygens (including phenoxy) is 1. The molecule has 1 saturated heterocycles. The van der Waals surface area contributed by atoms with E-state index >= 15 is 0 Å². The summed E-state index contributed by atoms with van der Waals surface area (Å²) in [6.45, 7) is 5.29. The zero-order valence-corrected chi connectivity index (χ0v) is 19.8. The third kappa shape index (κ3) is 9.25. The predicted octanol–water partition coefficient (Wildman–Crippen LogP) is 0.950. The molecular weight excluding hydrogens is 460 g/mol. The molecule has 12 heteroatoms. The lowest BCUT2D eigenvalue weighted by molar-refractivity contribution is -0.134. The number of thioether (sulfide) groups is 1. The lowest BCUT2D eigenvalue weighted by atomic mass is 10.1. The molecule has 184 valence electrons. The minimum atomic E-state index is -1.26. The summed E-state index contributed by atoms with van der Waals surface area (Å²) in [6.07, 6.45) is 1.66. The number of para-hydroxylation sites is 1. The van der Waals surface area contributed by atoms with Crippen LogP contribution >= 0.6 is 11.8 Å². The normalized spacial score (nSPS) is 13.8. The molecule has 1 fully saturated rings. The maximum absolute atomic E-state index is 9.55. The van der Waals surface area contributed by atoms with E-state index in [9.17, 15) is 9.59 Å². The van der Waals surface area contributed by atoms with Gasteiger partial charge in [0.1, 0.15) is 17.4 Å². The van der Waals surface area contributed by atoms with E-state index in [-0.39, 0.29) is 0 Å². The number of piperazine rings is 1. The molecule has 1 aromatic heterocycles. The van der Waals surface area contributed by atoms with Gasteiger partial charge in [0.15, 0.2) is 5.16 Å². The lowest BCUT2D eigenvalue weighted by Gasteiger charge is -2.26. The topological polar surface area (TPSA) is 177 Å². The minimum absolute atomic E-state index is 0.438. The first-order valence-electron chi connectivity index (χ1n) is 10.5. The van der Waals surface area contributed by atoms with Crippen molar-refractivity contribution in [3.63, 3.8) is 0 Å². The highest BCUT2D eigenvalue weighted by Crippen LogP contribution is 2.27. The van der Waals surface area contributed by atoms with Crippen molar-refractivity contribution in [2.45, 2.75) is 11.6 Å². The fourth-order valence-electron chi connectivity index (χ4n) is 3.13. The molecule has 7 N–H and O–H groups in total. The van der Waals surface area contributed by atoms with E-state index in [0.29, 0.717) is 35.4 Å². The van der Waals surface area contributed by atoms with Crippen LogP contribution in [-0.4, -0.2) is 82.6 Å². The van der Waals surface area contributed by atoms with Gasteiger partial charge in [-0.3, -0.25) is 4.90 Å². The number of nitrogen functional groups attached to an aromatic ring is 2. The second-order valence-corrected chi connectivity index (χ2v) is 8.26. The summed E-state index contributed by atoms with van der Waals surface area (Å²) in [5.74, 6) is 0.0896. The van der Waals surface area contributed by atoms with Crippen molar-refractivity contribution in [2.75, 3.05) is 57.1 Å². The number of anilines is 2. The molecule has 0 saturated carbocycles. The Labute approximate surface area is 202 Å². The molecule has 11 nitrogen and oxygen atoms in total. The van der Waals surface area contributed by atoms with Crippen molar-refractivity contribution < 1.29 is 24.5 Å². The van der Waals surface area contributed by atoms with Crippen LogP contribution < -0.4 is 21.5 Å². The fraction of sp³-hybridized carbons (Fsp3) is 0.364. The van der Waals surface area contributed by atoms with Gasteiger partial charge in [0, 0.05) is 62.6 Å². The number of rotatable bonds is 9. The monoisotopic (exact) mass is 490 g/mol. The number of carboxylic acid groups (broad SMARTS) is 2. The van der Waals surface area contributed by atoms with Crippen molar-refractivity contribution in [2.24, 2.45) is 0 Å². The zero-order chi connectivity index (χ0) is 24.9. The van der Waals surface area contributed by atoms with Gasteiger partial charge >= 0.3 is 11.9 Å². The second-order valence-electron chi connectivity index (χ2n) is 7.19. The molecule has 0 radical (unpaired) electrons. The van der Waals surface area contributed by atoms with Crippen LogP contribution in [0.3, 0.4) is 0 Å². The molecular formula is C22H30N6O5S. The van der Waals surface area contributed by atoms with Crippen LogP contribution in [0.15, 0.2) is 41.6 Å². The van der Waals surface area contributed by atoms with Gasteiger partial charge in [-0.15, -0.1) is 0 Å². The molecule has 1 aliphatic rings. The van der Waals surface area contributed by atoms with Crippen LogP contribution in [0, 0.1) is 0 Å². The Bertz CT molecular complexity index is 958. The van der Waals surface area contributed by atoms with Crippen molar-refractivity contribution in [3.05, 3.63) is 47.5 Å². The van der Waals surface area contributed by atoms with Gasteiger partial charge in [0.2, 0.25) is 0 Å². The number of aromatic nitrogens is 2. The number of nitrogens with two attached hydrogens (primary N) is 2. The van der Waals surface area contributed by atoms with Crippen molar-refractivity contribution in [1.29, 1.82) is 0 Å². The molecule has 0 bridgehead atoms.